The summed E-state index contributed by atoms with van der Waals surface area (Å²) in [7, 11) is 0. The van der Waals surface area contributed by atoms with Crippen LogP contribution >= 0.6 is 23.1 Å². The predicted molar refractivity (Wildman–Crippen MR) is 103 cm³/mol. The molecular formula is C15H18N6O4S2. The van der Waals surface area contributed by atoms with Gasteiger partial charge in [-0.05, 0) is 12.5 Å². The van der Waals surface area contributed by atoms with E-state index in [1.807, 2.05) is 0 Å². The molecule has 0 saturated heterocycles. The third kappa shape index (κ3) is 6.83. The van der Waals surface area contributed by atoms with E-state index in [4.69, 9.17) is 0 Å². The summed E-state index contributed by atoms with van der Waals surface area (Å²) in [5.74, 6) is -1.04. The van der Waals surface area contributed by atoms with Crippen LogP contribution in [-0.2, 0) is 4.79 Å². The number of amides is 2. The van der Waals surface area contributed by atoms with E-state index in [1.54, 1.807) is 0 Å². The van der Waals surface area contributed by atoms with Crippen LogP contribution in [0, 0.1) is 10.1 Å². The number of nitrogens with zero attached hydrogens (tertiary/aromatic N) is 3. The number of anilines is 1. The maximum absolute atomic E-state index is 11.9. The highest BCUT2D eigenvalue weighted by atomic mass is 32.2. The van der Waals surface area contributed by atoms with E-state index in [2.05, 4.69) is 33.3 Å². The lowest BCUT2D eigenvalue weighted by molar-refractivity contribution is -0.384. The van der Waals surface area contributed by atoms with E-state index in [0.717, 1.165) is 25.5 Å². The number of nitro benzene ring substituents is 1. The molecule has 27 heavy (non-hydrogen) atoms. The van der Waals surface area contributed by atoms with Crippen LogP contribution in [0.15, 0.2) is 28.6 Å². The van der Waals surface area contributed by atoms with Gasteiger partial charge in [-0.1, -0.05) is 42.5 Å². The second-order valence-electron chi connectivity index (χ2n) is 5.25. The molecule has 3 N–H and O–H groups in total. The summed E-state index contributed by atoms with van der Waals surface area (Å²) in [6, 6.07) is 5.22. The Morgan fingerprint density at radius 3 is 2.85 bits per heavy atom. The highest BCUT2D eigenvalue weighted by molar-refractivity contribution is 8.01. The Labute approximate surface area is 163 Å². The van der Waals surface area contributed by atoms with Crippen molar-refractivity contribution in [3.05, 3.63) is 39.9 Å². The number of aromatic nitrogens is 2. The summed E-state index contributed by atoms with van der Waals surface area (Å²) in [4.78, 5) is 33.9. The molecule has 2 rings (SSSR count). The number of non-ortho nitro benzene ring substituents is 1. The zero-order valence-corrected chi connectivity index (χ0v) is 16.1. The van der Waals surface area contributed by atoms with Gasteiger partial charge in [0.2, 0.25) is 11.0 Å². The van der Waals surface area contributed by atoms with Gasteiger partial charge in [-0.3, -0.25) is 30.6 Å². The number of hydrazine groups is 1. The minimum Gasteiger partial charge on any atom is -0.360 e. The van der Waals surface area contributed by atoms with Crippen molar-refractivity contribution in [3.63, 3.8) is 0 Å². The molecule has 10 nitrogen and oxygen atoms in total. The van der Waals surface area contributed by atoms with Crippen molar-refractivity contribution in [1.29, 1.82) is 0 Å². The number of unbranched alkanes of at least 4 members (excludes halogenated alkanes) is 1. The molecule has 0 radical (unpaired) electrons. The Morgan fingerprint density at radius 2 is 2.11 bits per heavy atom. The third-order valence-electron chi connectivity index (χ3n) is 3.17. The molecule has 1 aromatic carbocycles. The molecule has 1 aromatic heterocycles. The van der Waals surface area contributed by atoms with Crippen LogP contribution < -0.4 is 16.2 Å². The number of nitrogens with one attached hydrogen (secondary N) is 3. The van der Waals surface area contributed by atoms with Crippen LogP contribution in [-0.4, -0.2) is 39.2 Å². The first-order chi connectivity index (χ1) is 13.0. The van der Waals surface area contributed by atoms with Crippen molar-refractivity contribution in [3.8, 4) is 0 Å². The van der Waals surface area contributed by atoms with Crippen LogP contribution in [0.1, 0.15) is 30.1 Å². The number of carbonyl (C=O) groups excluding carboxylic acids is 2. The number of hydrogen-bond acceptors (Lipinski definition) is 9. The number of nitro groups is 1. The Kier molecular flexibility index (Phi) is 7.95. The molecule has 0 spiro atoms. The van der Waals surface area contributed by atoms with Crippen molar-refractivity contribution in [1.82, 2.24) is 21.0 Å². The molecule has 0 aliphatic carbocycles. The first-order valence-corrected chi connectivity index (χ1v) is 9.83. The molecule has 0 aliphatic heterocycles. The fourth-order valence-electron chi connectivity index (χ4n) is 1.83. The van der Waals surface area contributed by atoms with Crippen LogP contribution in [0.4, 0.5) is 10.8 Å². The molecule has 2 amide bonds. The fraction of sp³-hybridized carbons (Fsp3) is 0.333. The van der Waals surface area contributed by atoms with Gasteiger partial charge in [0.05, 0.1) is 10.7 Å². The predicted octanol–water partition coefficient (Wildman–Crippen LogP) is 2.21. The second kappa shape index (κ2) is 10.4. The molecule has 1 heterocycles. The summed E-state index contributed by atoms with van der Waals surface area (Å²) in [5.41, 5.74) is 4.35. The normalized spacial score (nSPS) is 10.3. The lowest BCUT2D eigenvalue weighted by atomic mass is 10.2. The van der Waals surface area contributed by atoms with Crippen LogP contribution in [0.25, 0.3) is 0 Å². The zero-order valence-electron chi connectivity index (χ0n) is 14.4. The highest BCUT2D eigenvalue weighted by Gasteiger charge is 2.13. The third-order valence-corrected chi connectivity index (χ3v) is 5.19. The largest absolute Gasteiger partial charge is 0.360 e. The van der Waals surface area contributed by atoms with Gasteiger partial charge in [-0.2, -0.15) is 0 Å². The van der Waals surface area contributed by atoms with Gasteiger partial charge in [0.15, 0.2) is 4.34 Å². The molecule has 144 valence electrons. The standard InChI is InChI=1S/C15H18N6O4S2/c1-2-3-7-16-14-19-20-15(27-14)26-9-12(22)17-18-13(23)10-5-4-6-11(8-10)21(24)25/h4-6,8H,2-3,7,9H2,1H3,(H,16,19)(H,17,22)(H,18,23). The van der Waals surface area contributed by atoms with Crippen molar-refractivity contribution in [2.24, 2.45) is 0 Å². The second-order valence-corrected chi connectivity index (χ2v) is 7.45. The first-order valence-electron chi connectivity index (χ1n) is 8.03. The molecule has 0 aliphatic rings. The molecule has 2 aromatic rings. The summed E-state index contributed by atoms with van der Waals surface area (Å²) < 4.78 is 0.633. The number of thioether (sulfide) groups is 1. The Hall–Kier alpha value is -2.73. The maximum atomic E-state index is 11.9. The Balaban J connectivity index is 1.75. The highest BCUT2D eigenvalue weighted by Crippen LogP contribution is 2.25. The lowest BCUT2D eigenvalue weighted by Gasteiger charge is -2.06. The van der Waals surface area contributed by atoms with Gasteiger partial charge in [0.1, 0.15) is 0 Å². The molecule has 0 bridgehead atoms. The summed E-state index contributed by atoms with van der Waals surface area (Å²) >= 11 is 2.54. The minimum atomic E-state index is -0.643. The number of carbonyl (C=O) groups is 2. The Morgan fingerprint density at radius 1 is 1.30 bits per heavy atom. The van der Waals surface area contributed by atoms with Crippen molar-refractivity contribution < 1.29 is 14.5 Å². The van der Waals surface area contributed by atoms with E-state index >= 15 is 0 Å². The van der Waals surface area contributed by atoms with Crippen molar-refractivity contribution in [2.75, 3.05) is 17.6 Å². The van der Waals surface area contributed by atoms with Crippen molar-refractivity contribution >= 4 is 45.7 Å². The first kappa shape index (κ1) is 20.6. The van der Waals surface area contributed by atoms with E-state index < -0.39 is 16.7 Å². The van der Waals surface area contributed by atoms with E-state index in [9.17, 15) is 19.7 Å². The van der Waals surface area contributed by atoms with Crippen molar-refractivity contribution in [2.45, 2.75) is 24.1 Å². The Bertz CT molecular complexity index is 813. The number of hydrogen-bond donors (Lipinski definition) is 3. The monoisotopic (exact) mass is 410 g/mol. The summed E-state index contributed by atoms with van der Waals surface area (Å²) in [5, 5.41) is 22.5. The van der Waals surface area contributed by atoms with Crippen LogP contribution in [0.2, 0.25) is 0 Å². The van der Waals surface area contributed by atoms with Gasteiger partial charge in [0, 0.05) is 24.2 Å². The van der Waals surface area contributed by atoms with Gasteiger partial charge in [-0.15, -0.1) is 10.2 Å². The van der Waals surface area contributed by atoms with E-state index in [0.29, 0.717) is 9.47 Å². The molecule has 0 saturated carbocycles. The minimum absolute atomic E-state index is 0.0405. The van der Waals surface area contributed by atoms with Gasteiger partial charge in [-0.25, -0.2) is 0 Å². The van der Waals surface area contributed by atoms with Crippen LogP contribution in [0.3, 0.4) is 0 Å². The molecule has 0 fully saturated rings. The molecule has 0 unspecified atom stereocenters. The lowest BCUT2D eigenvalue weighted by Crippen LogP contribution is -2.42. The topological polar surface area (TPSA) is 139 Å². The SMILES string of the molecule is CCCCNc1nnc(SCC(=O)NNC(=O)c2cccc([N+](=O)[O-])c2)s1. The number of rotatable bonds is 9. The smallest absolute Gasteiger partial charge is 0.270 e. The average Bonchev–Trinajstić information content (AvgIpc) is 3.12. The summed E-state index contributed by atoms with van der Waals surface area (Å²) in [6.07, 6.45) is 2.12. The quantitative estimate of drug-likeness (QED) is 0.247. The average molecular weight is 410 g/mol. The summed E-state index contributed by atoms with van der Waals surface area (Å²) in [6.45, 7) is 2.92. The van der Waals surface area contributed by atoms with Gasteiger partial charge in [0.25, 0.3) is 11.6 Å². The molecule has 12 heteroatoms. The zero-order chi connectivity index (χ0) is 19.6. The van der Waals surface area contributed by atoms with E-state index in [-0.39, 0.29) is 17.0 Å². The number of benzene rings is 1. The van der Waals surface area contributed by atoms with E-state index in [1.165, 1.54) is 41.3 Å². The molecular weight excluding hydrogens is 392 g/mol. The fourth-order valence-corrected chi connectivity index (χ4v) is 3.41. The van der Waals surface area contributed by atoms with Gasteiger partial charge >= 0.3 is 0 Å². The maximum Gasteiger partial charge on any atom is 0.270 e. The molecule has 0 atom stereocenters. The van der Waals surface area contributed by atoms with Gasteiger partial charge < -0.3 is 5.32 Å². The van der Waals surface area contributed by atoms with Crippen LogP contribution in [0.5, 0.6) is 0 Å².